The third-order valence-electron chi connectivity index (χ3n) is 7.62. The molecule has 4 aromatic rings. The first kappa shape index (κ1) is 32.0. The molecule has 13 heteroatoms. The third kappa shape index (κ3) is 6.53. The number of halogens is 1. The lowest BCUT2D eigenvalue weighted by Crippen LogP contribution is -2.30. The van der Waals surface area contributed by atoms with Crippen LogP contribution in [-0.2, 0) is 16.4 Å². The number of allylic oxidation sites excluding steroid dienone is 3. The zero-order valence-corrected chi connectivity index (χ0v) is 27.6. The van der Waals surface area contributed by atoms with Gasteiger partial charge in [0.05, 0.1) is 17.1 Å². The van der Waals surface area contributed by atoms with Crippen molar-refractivity contribution < 1.29 is 12.8 Å². The summed E-state index contributed by atoms with van der Waals surface area (Å²) in [5.74, 6) is 0.183. The van der Waals surface area contributed by atoms with E-state index in [1.54, 1.807) is 29.8 Å². The minimum Gasteiger partial charge on any atom is -0.313 e. The van der Waals surface area contributed by atoms with Gasteiger partial charge in [-0.1, -0.05) is 36.8 Å². The van der Waals surface area contributed by atoms with Crippen LogP contribution in [0.4, 0.5) is 15.2 Å². The van der Waals surface area contributed by atoms with Crippen molar-refractivity contribution in [2.75, 3.05) is 23.7 Å². The molecule has 0 bridgehead atoms. The summed E-state index contributed by atoms with van der Waals surface area (Å²) in [6.45, 7) is 10.8. The molecule has 0 atom stereocenters. The van der Waals surface area contributed by atoms with Crippen molar-refractivity contribution in [1.82, 2.24) is 23.9 Å². The number of anilines is 2. The normalized spacial score (nSPS) is 15.6. The highest BCUT2D eigenvalue weighted by Gasteiger charge is 2.29. The Hall–Kier alpha value is -4.41. The first-order valence-electron chi connectivity index (χ1n) is 14.8. The largest absolute Gasteiger partial charge is 0.313 e. The van der Waals surface area contributed by atoms with E-state index in [-0.39, 0.29) is 11.6 Å². The van der Waals surface area contributed by atoms with Gasteiger partial charge in [0.15, 0.2) is 10.8 Å². The van der Waals surface area contributed by atoms with Crippen LogP contribution < -0.4 is 4.90 Å². The Morgan fingerprint density at radius 2 is 1.93 bits per heavy atom. The molecule has 5 rings (SSSR count). The van der Waals surface area contributed by atoms with Crippen LogP contribution in [0.25, 0.3) is 22.5 Å². The lowest BCUT2D eigenvalue weighted by molar-refractivity contribution is 0.551. The maximum Gasteiger partial charge on any atom is 0.236 e. The zero-order chi connectivity index (χ0) is 32.3. The van der Waals surface area contributed by atoms with Gasteiger partial charge in [-0.2, -0.15) is 10.4 Å². The van der Waals surface area contributed by atoms with E-state index in [0.717, 1.165) is 28.9 Å². The molecule has 0 saturated carbocycles. The van der Waals surface area contributed by atoms with Crippen molar-refractivity contribution >= 4 is 49.2 Å². The highest BCUT2D eigenvalue weighted by Crippen LogP contribution is 2.39. The second-order valence-electron chi connectivity index (χ2n) is 10.6. The fourth-order valence-electron chi connectivity index (χ4n) is 5.11. The number of aromatic nitrogens is 4. The second kappa shape index (κ2) is 13.3. The van der Waals surface area contributed by atoms with E-state index in [0.29, 0.717) is 64.4 Å². The summed E-state index contributed by atoms with van der Waals surface area (Å²) in [6.07, 6.45) is 7.58. The highest BCUT2D eigenvalue weighted by atomic mass is 32.2. The van der Waals surface area contributed by atoms with Crippen LogP contribution in [-0.4, -0.2) is 57.0 Å². The molecule has 10 nitrogen and oxygen atoms in total. The Morgan fingerprint density at radius 3 is 2.56 bits per heavy atom. The zero-order valence-electron chi connectivity index (χ0n) is 26.0. The minimum absolute atomic E-state index is 0.127. The summed E-state index contributed by atoms with van der Waals surface area (Å²) in [6, 6.07) is 10.1. The van der Waals surface area contributed by atoms with E-state index in [4.69, 9.17) is 15.1 Å². The van der Waals surface area contributed by atoms with Crippen LogP contribution in [0.2, 0.25) is 0 Å². The Labute approximate surface area is 266 Å². The number of nitrogens with zero attached hydrogens (tertiary/aromatic N) is 8. The van der Waals surface area contributed by atoms with Crippen LogP contribution in [0.1, 0.15) is 63.7 Å². The van der Waals surface area contributed by atoms with Gasteiger partial charge in [-0.05, 0) is 70.4 Å². The average molecular weight is 647 g/mol. The second-order valence-corrected chi connectivity index (χ2v) is 13.6. The average Bonchev–Trinajstić information content (AvgIpc) is 3.74. The number of hydrogen-bond donors (Lipinski definition) is 0. The van der Waals surface area contributed by atoms with Gasteiger partial charge in [-0.3, -0.25) is 4.31 Å². The van der Waals surface area contributed by atoms with Crippen LogP contribution in [0, 0.1) is 17.1 Å². The summed E-state index contributed by atoms with van der Waals surface area (Å²) < 4.78 is 41.6. The summed E-state index contributed by atoms with van der Waals surface area (Å²) in [5.41, 5.74) is 5.87. The number of fused-ring (bicyclic) bond motifs is 1. The van der Waals surface area contributed by atoms with E-state index in [2.05, 4.69) is 18.0 Å². The molecule has 0 radical (unpaired) electrons. The van der Waals surface area contributed by atoms with Gasteiger partial charge in [0.25, 0.3) is 0 Å². The van der Waals surface area contributed by atoms with Gasteiger partial charge in [0.2, 0.25) is 10.0 Å². The van der Waals surface area contributed by atoms with E-state index < -0.39 is 10.0 Å². The minimum atomic E-state index is -3.34. The lowest BCUT2D eigenvalue weighted by Gasteiger charge is -2.19. The molecular formula is C32H35FN8O2S2. The first-order chi connectivity index (χ1) is 21.6. The van der Waals surface area contributed by atoms with Crippen molar-refractivity contribution in [3.8, 4) is 17.3 Å². The van der Waals surface area contributed by atoms with Crippen LogP contribution in [0.5, 0.6) is 0 Å². The molecule has 1 fully saturated rings. The molecule has 234 valence electrons. The highest BCUT2D eigenvalue weighted by molar-refractivity contribution is 7.89. The molecule has 45 heavy (non-hydrogen) atoms. The molecule has 0 aliphatic carbocycles. The summed E-state index contributed by atoms with van der Waals surface area (Å²) in [5, 5.41) is 15.3. The van der Waals surface area contributed by atoms with Crippen molar-refractivity contribution in [1.29, 1.82) is 5.26 Å². The van der Waals surface area contributed by atoms with Crippen LogP contribution in [0.3, 0.4) is 0 Å². The topological polar surface area (TPSA) is 120 Å². The Bertz CT molecular complexity index is 1970. The number of rotatable bonds is 9. The number of aliphatic imine (C=N–C) groups is 1. The van der Waals surface area contributed by atoms with E-state index in [1.165, 1.54) is 27.8 Å². The summed E-state index contributed by atoms with van der Waals surface area (Å²) in [4.78, 5) is 16.9. The lowest BCUT2D eigenvalue weighted by atomic mass is 10.1. The summed E-state index contributed by atoms with van der Waals surface area (Å²) in [7, 11) is -3.34. The molecular weight excluding hydrogens is 612 g/mol. The SMILES string of the molecule is CC\C(C)=C/C(=C\N=C(/C)N1CCCS1(=O)=O)c1ccn2nc(CC)c(N(CC)c3nc(-c4ccc(F)cc4)c(C#N)s3)c2n1. The molecule has 1 aliphatic rings. The molecule has 1 aromatic carbocycles. The van der Waals surface area contributed by atoms with Crippen molar-refractivity contribution in [3.63, 3.8) is 0 Å². The number of nitriles is 1. The van der Waals surface area contributed by atoms with E-state index in [1.807, 2.05) is 44.0 Å². The van der Waals surface area contributed by atoms with E-state index in [9.17, 15) is 18.1 Å². The van der Waals surface area contributed by atoms with Crippen LogP contribution in [0.15, 0.2) is 59.4 Å². The number of benzene rings is 1. The number of aryl methyl sites for hydroxylation is 1. The van der Waals surface area contributed by atoms with Crippen LogP contribution >= 0.6 is 11.3 Å². The van der Waals surface area contributed by atoms with Crippen molar-refractivity contribution in [3.05, 3.63) is 76.5 Å². The maximum absolute atomic E-state index is 13.6. The Kier molecular flexibility index (Phi) is 9.45. The summed E-state index contributed by atoms with van der Waals surface area (Å²) >= 11 is 1.26. The first-order valence-corrected chi connectivity index (χ1v) is 17.3. The molecule has 0 amide bonds. The van der Waals surface area contributed by atoms with Gasteiger partial charge < -0.3 is 4.90 Å². The van der Waals surface area contributed by atoms with Gasteiger partial charge in [0.1, 0.15) is 34.0 Å². The van der Waals surface area contributed by atoms with Crippen molar-refractivity contribution in [2.24, 2.45) is 4.99 Å². The molecule has 1 aliphatic heterocycles. The molecule has 0 N–H and O–H groups in total. The van der Waals surface area contributed by atoms with E-state index >= 15 is 0 Å². The smallest absolute Gasteiger partial charge is 0.236 e. The van der Waals surface area contributed by atoms with Gasteiger partial charge in [-0.15, -0.1) is 0 Å². The maximum atomic E-state index is 13.6. The van der Waals surface area contributed by atoms with Crippen molar-refractivity contribution in [2.45, 2.75) is 53.9 Å². The predicted octanol–water partition coefficient (Wildman–Crippen LogP) is 6.74. The monoisotopic (exact) mass is 646 g/mol. The standard InChI is InChI=1S/C32H35FN8O2S2/c1-6-21(4)18-24(20-35-22(5)41-15-9-17-45(41,42)43)27-14-16-40-31(36-27)30(26(7-2)38-40)39(8-3)32-37-29(28(19-34)44-32)23-10-12-25(33)13-11-23/h10-14,16,18,20H,6-9,15,17H2,1-5H3/b21-18-,24-20+,35-22+. The van der Waals surface area contributed by atoms with Gasteiger partial charge >= 0.3 is 0 Å². The number of hydrogen-bond acceptors (Lipinski definition) is 9. The molecule has 0 spiro atoms. The Morgan fingerprint density at radius 1 is 1.18 bits per heavy atom. The Balaban J connectivity index is 1.63. The molecule has 1 saturated heterocycles. The molecule has 3 aromatic heterocycles. The molecule has 4 heterocycles. The van der Waals surface area contributed by atoms with Gasteiger partial charge in [0, 0.05) is 36.6 Å². The number of thiazole rings is 1. The fraction of sp³-hybridized carbons (Fsp3) is 0.344. The number of sulfonamides is 1. The quantitative estimate of drug-likeness (QED) is 0.112. The fourth-order valence-corrected chi connectivity index (χ4v) is 7.63. The molecule has 0 unspecified atom stereocenters. The number of amidine groups is 1. The predicted molar refractivity (Wildman–Crippen MR) is 178 cm³/mol. The van der Waals surface area contributed by atoms with Gasteiger partial charge in [-0.25, -0.2) is 32.3 Å². The third-order valence-corrected chi connectivity index (χ3v) is 10.5.